The van der Waals surface area contributed by atoms with E-state index < -0.39 is 0 Å². The van der Waals surface area contributed by atoms with Crippen molar-refractivity contribution >= 4 is 0 Å². The van der Waals surface area contributed by atoms with Crippen molar-refractivity contribution in [3.05, 3.63) is 12.2 Å². The SMILES string of the molecule is C=C(CC)CC(O)C1(C)CCCC1. The van der Waals surface area contributed by atoms with Crippen LogP contribution in [-0.2, 0) is 0 Å². The molecule has 1 saturated carbocycles. The lowest BCUT2D eigenvalue weighted by molar-refractivity contribution is 0.0420. The average molecular weight is 182 g/mol. The Morgan fingerprint density at radius 2 is 2.00 bits per heavy atom. The molecular weight excluding hydrogens is 160 g/mol. The Morgan fingerprint density at radius 3 is 2.46 bits per heavy atom. The lowest BCUT2D eigenvalue weighted by Crippen LogP contribution is -2.29. The summed E-state index contributed by atoms with van der Waals surface area (Å²) in [6, 6.07) is 0. The summed E-state index contributed by atoms with van der Waals surface area (Å²) in [6.45, 7) is 8.27. The van der Waals surface area contributed by atoms with Gasteiger partial charge in [0.15, 0.2) is 0 Å². The molecule has 1 fully saturated rings. The summed E-state index contributed by atoms with van der Waals surface area (Å²) in [5.41, 5.74) is 1.36. The van der Waals surface area contributed by atoms with Crippen molar-refractivity contribution in [1.29, 1.82) is 0 Å². The lowest BCUT2D eigenvalue weighted by atomic mass is 9.80. The monoisotopic (exact) mass is 182 g/mol. The average Bonchev–Trinajstić information content (AvgIpc) is 2.53. The van der Waals surface area contributed by atoms with Crippen LogP contribution in [0.4, 0.5) is 0 Å². The Hall–Kier alpha value is -0.300. The van der Waals surface area contributed by atoms with Crippen LogP contribution in [-0.4, -0.2) is 11.2 Å². The predicted octanol–water partition coefficient (Wildman–Crippen LogP) is 3.28. The van der Waals surface area contributed by atoms with Gasteiger partial charge in [-0.15, -0.1) is 0 Å². The van der Waals surface area contributed by atoms with E-state index in [1.807, 2.05) is 0 Å². The van der Waals surface area contributed by atoms with Crippen molar-refractivity contribution in [2.45, 2.75) is 58.5 Å². The normalized spacial score (nSPS) is 23.0. The topological polar surface area (TPSA) is 20.2 Å². The first-order valence-electron chi connectivity index (χ1n) is 5.43. The molecule has 1 atom stereocenters. The van der Waals surface area contributed by atoms with E-state index in [-0.39, 0.29) is 11.5 Å². The second-order valence-electron chi connectivity index (χ2n) is 4.68. The summed E-state index contributed by atoms with van der Waals surface area (Å²) >= 11 is 0. The molecule has 0 heterocycles. The van der Waals surface area contributed by atoms with Gasteiger partial charge in [0, 0.05) is 0 Å². The van der Waals surface area contributed by atoms with Gasteiger partial charge in [0.05, 0.1) is 6.10 Å². The van der Waals surface area contributed by atoms with Crippen molar-refractivity contribution in [3.63, 3.8) is 0 Å². The zero-order valence-electron chi connectivity index (χ0n) is 8.97. The van der Waals surface area contributed by atoms with Crippen LogP contribution in [0.15, 0.2) is 12.2 Å². The van der Waals surface area contributed by atoms with Gasteiger partial charge in [-0.3, -0.25) is 0 Å². The molecule has 0 aromatic rings. The third-order valence-electron chi connectivity index (χ3n) is 3.53. The van der Waals surface area contributed by atoms with E-state index >= 15 is 0 Å². The molecule has 0 radical (unpaired) electrons. The molecule has 0 bridgehead atoms. The minimum Gasteiger partial charge on any atom is -0.392 e. The van der Waals surface area contributed by atoms with Gasteiger partial charge in [0.1, 0.15) is 0 Å². The molecule has 0 saturated heterocycles. The Balaban J connectivity index is 2.46. The van der Waals surface area contributed by atoms with Gasteiger partial charge >= 0.3 is 0 Å². The molecule has 0 amide bonds. The molecular formula is C12H22O. The number of hydrogen-bond donors (Lipinski definition) is 1. The van der Waals surface area contributed by atoms with Gasteiger partial charge in [0.2, 0.25) is 0 Å². The van der Waals surface area contributed by atoms with Crippen molar-refractivity contribution in [2.75, 3.05) is 0 Å². The molecule has 1 nitrogen and oxygen atoms in total. The van der Waals surface area contributed by atoms with E-state index in [1.54, 1.807) is 0 Å². The Labute approximate surface area is 81.9 Å². The van der Waals surface area contributed by atoms with Crippen LogP contribution in [0.1, 0.15) is 52.4 Å². The van der Waals surface area contributed by atoms with Gasteiger partial charge in [-0.1, -0.05) is 38.8 Å². The van der Waals surface area contributed by atoms with Crippen molar-refractivity contribution in [1.82, 2.24) is 0 Å². The van der Waals surface area contributed by atoms with Crippen LogP contribution in [0.2, 0.25) is 0 Å². The Bertz CT molecular complexity index is 178. The Kier molecular flexibility index (Phi) is 3.55. The molecule has 1 heteroatoms. The van der Waals surface area contributed by atoms with E-state index in [0.29, 0.717) is 0 Å². The van der Waals surface area contributed by atoms with Crippen LogP contribution >= 0.6 is 0 Å². The summed E-state index contributed by atoms with van der Waals surface area (Å²) in [5, 5.41) is 10.0. The minimum atomic E-state index is -0.164. The zero-order chi connectivity index (χ0) is 9.90. The van der Waals surface area contributed by atoms with Crippen molar-refractivity contribution in [2.24, 2.45) is 5.41 Å². The summed E-state index contributed by atoms with van der Waals surface area (Å²) in [7, 11) is 0. The van der Waals surface area contributed by atoms with Crippen LogP contribution in [0.5, 0.6) is 0 Å². The highest BCUT2D eigenvalue weighted by Gasteiger charge is 2.35. The van der Waals surface area contributed by atoms with E-state index in [4.69, 9.17) is 0 Å². The first-order valence-corrected chi connectivity index (χ1v) is 5.43. The standard InChI is InChI=1S/C12H22O/c1-4-10(2)9-11(13)12(3)7-5-6-8-12/h11,13H,2,4-9H2,1,3H3. The number of aliphatic hydroxyl groups is 1. The fourth-order valence-electron chi connectivity index (χ4n) is 2.18. The summed E-state index contributed by atoms with van der Waals surface area (Å²) in [6.07, 6.45) is 6.57. The van der Waals surface area contributed by atoms with Gasteiger partial charge in [-0.25, -0.2) is 0 Å². The summed E-state index contributed by atoms with van der Waals surface area (Å²) < 4.78 is 0. The maximum atomic E-state index is 10.0. The maximum Gasteiger partial charge on any atom is 0.0630 e. The second-order valence-corrected chi connectivity index (χ2v) is 4.68. The van der Waals surface area contributed by atoms with Crippen molar-refractivity contribution < 1.29 is 5.11 Å². The number of aliphatic hydroxyl groups excluding tert-OH is 1. The molecule has 1 aliphatic carbocycles. The highest BCUT2D eigenvalue weighted by atomic mass is 16.3. The molecule has 0 aromatic carbocycles. The third-order valence-corrected chi connectivity index (χ3v) is 3.53. The number of rotatable bonds is 4. The lowest BCUT2D eigenvalue weighted by Gasteiger charge is -2.30. The second kappa shape index (κ2) is 4.28. The molecule has 1 unspecified atom stereocenters. The zero-order valence-corrected chi connectivity index (χ0v) is 8.97. The molecule has 1 rings (SSSR count). The number of hydrogen-bond acceptors (Lipinski definition) is 1. The molecule has 0 aromatic heterocycles. The summed E-state index contributed by atoms with van der Waals surface area (Å²) in [4.78, 5) is 0. The molecule has 1 aliphatic rings. The molecule has 0 aliphatic heterocycles. The Morgan fingerprint density at radius 1 is 1.46 bits per heavy atom. The quantitative estimate of drug-likeness (QED) is 0.661. The molecule has 76 valence electrons. The third kappa shape index (κ3) is 2.57. The highest BCUT2D eigenvalue weighted by molar-refractivity contribution is 4.99. The molecule has 13 heavy (non-hydrogen) atoms. The predicted molar refractivity (Wildman–Crippen MR) is 56.6 cm³/mol. The van der Waals surface area contributed by atoms with Gasteiger partial charge in [-0.2, -0.15) is 0 Å². The van der Waals surface area contributed by atoms with Gasteiger partial charge in [0.25, 0.3) is 0 Å². The van der Waals surface area contributed by atoms with E-state index in [9.17, 15) is 5.11 Å². The minimum absolute atomic E-state index is 0.164. The van der Waals surface area contributed by atoms with E-state index in [0.717, 1.165) is 12.8 Å². The molecule has 0 spiro atoms. The van der Waals surface area contributed by atoms with Crippen molar-refractivity contribution in [3.8, 4) is 0 Å². The van der Waals surface area contributed by atoms with Crippen LogP contribution < -0.4 is 0 Å². The van der Waals surface area contributed by atoms with E-state index in [2.05, 4.69) is 20.4 Å². The largest absolute Gasteiger partial charge is 0.392 e. The van der Waals surface area contributed by atoms with Crippen LogP contribution in [0.3, 0.4) is 0 Å². The van der Waals surface area contributed by atoms with Crippen LogP contribution in [0.25, 0.3) is 0 Å². The first-order chi connectivity index (χ1) is 6.08. The first kappa shape index (κ1) is 10.8. The maximum absolute atomic E-state index is 10.0. The molecule has 1 N–H and O–H groups in total. The fraction of sp³-hybridized carbons (Fsp3) is 0.833. The fourth-order valence-corrected chi connectivity index (χ4v) is 2.18. The summed E-state index contributed by atoms with van der Waals surface area (Å²) in [5.74, 6) is 0. The van der Waals surface area contributed by atoms with Gasteiger partial charge in [-0.05, 0) is 31.1 Å². The van der Waals surface area contributed by atoms with Crippen LogP contribution in [0, 0.1) is 5.41 Å². The highest BCUT2D eigenvalue weighted by Crippen LogP contribution is 2.42. The van der Waals surface area contributed by atoms with Gasteiger partial charge < -0.3 is 5.11 Å². The smallest absolute Gasteiger partial charge is 0.0630 e. The van der Waals surface area contributed by atoms with E-state index in [1.165, 1.54) is 31.3 Å².